The smallest absolute Gasteiger partial charge is 0.318 e. The molecule has 0 aliphatic rings. The molecule has 0 saturated carbocycles. The summed E-state index contributed by atoms with van der Waals surface area (Å²) < 4.78 is 5.87. The van der Waals surface area contributed by atoms with Crippen LogP contribution in [0.4, 0.5) is 0 Å². The normalized spacial score (nSPS) is 13.1. The Labute approximate surface area is 207 Å². The first-order chi connectivity index (χ1) is 16.5. The van der Waals surface area contributed by atoms with Gasteiger partial charge in [0.2, 0.25) is 0 Å². The molecule has 0 fully saturated rings. The average molecular weight is 486 g/mol. The maximum atomic E-state index is 13.7. The van der Waals surface area contributed by atoms with Gasteiger partial charge in [-0.3, -0.25) is 4.79 Å². The fraction of sp³-hybridized carbons (Fsp3) is 0.519. The summed E-state index contributed by atoms with van der Waals surface area (Å²) in [6.07, 6.45) is 9.15. The van der Waals surface area contributed by atoms with Crippen molar-refractivity contribution in [2.24, 2.45) is 0 Å². The summed E-state index contributed by atoms with van der Waals surface area (Å²) in [7, 11) is 0. The Kier molecular flexibility index (Phi) is 9.75. The lowest BCUT2D eigenvalue weighted by molar-refractivity contribution is -0.152. The van der Waals surface area contributed by atoms with E-state index in [1.807, 2.05) is 6.07 Å². The highest BCUT2D eigenvalue weighted by Crippen LogP contribution is 2.35. The van der Waals surface area contributed by atoms with Crippen LogP contribution in [-0.4, -0.2) is 32.7 Å². The molecule has 6 nitrogen and oxygen atoms in total. The number of benzene rings is 2. The summed E-state index contributed by atoms with van der Waals surface area (Å²) in [6.45, 7) is 4.96. The first kappa shape index (κ1) is 26.0. The van der Waals surface area contributed by atoms with E-state index in [2.05, 4.69) is 24.0 Å². The van der Waals surface area contributed by atoms with Crippen molar-refractivity contribution in [2.75, 3.05) is 6.61 Å². The van der Waals surface area contributed by atoms with Crippen LogP contribution in [0.2, 0.25) is 5.02 Å². The molecular weight excluding hydrogens is 450 g/mol. The molecule has 0 aliphatic heterocycles. The molecule has 3 aromatic rings. The van der Waals surface area contributed by atoms with Crippen LogP contribution in [0.3, 0.4) is 0 Å². The summed E-state index contributed by atoms with van der Waals surface area (Å²) >= 11 is 6.13. The van der Waals surface area contributed by atoms with E-state index in [0.717, 1.165) is 43.2 Å². The molecular formula is C27H36ClN3O3. The molecule has 3 rings (SSSR count). The van der Waals surface area contributed by atoms with E-state index in [-0.39, 0.29) is 18.3 Å². The van der Waals surface area contributed by atoms with Crippen molar-refractivity contribution in [3.05, 3.63) is 53.1 Å². The van der Waals surface area contributed by atoms with Gasteiger partial charge < -0.3 is 9.84 Å². The summed E-state index contributed by atoms with van der Waals surface area (Å²) in [5.74, 6) is -0.106. The molecule has 0 amide bonds. The Balaban J connectivity index is 1.86. The van der Waals surface area contributed by atoms with Crippen LogP contribution >= 0.6 is 11.6 Å². The van der Waals surface area contributed by atoms with Crippen molar-refractivity contribution < 1.29 is 14.6 Å². The molecule has 1 atom stereocenters. The van der Waals surface area contributed by atoms with E-state index < -0.39 is 5.41 Å². The van der Waals surface area contributed by atoms with Gasteiger partial charge in [-0.2, -0.15) is 15.0 Å². The quantitative estimate of drug-likeness (QED) is 0.200. The lowest BCUT2D eigenvalue weighted by atomic mass is 9.76. The minimum atomic E-state index is -0.954. The second kappa shape index (κ2) is 12.7. The summed E-state index contributed by atoms with van der Waals surface area (Å²) in [6, 6.07) is 12.2. The molecule has 0 saturated heterocycles. The van der Waals surface area contributed by atoms with E-state index >= 15 is 0 Å². The number of hydrogen-bond acceptors (Lipinski definition) is 5. The van der Waals surface area contributed by atoms with Gasteiger partial charge in [-0.25, -0.2) is 0 Å². The van der Waals surface area contributed by atoms with Gasteiger partial charge in [0, 0.05) is 5.02 Å². The number of ether oxygens (including phenoxy) is 1. The number of esters is 1. The standard InChI is InChI=1S/C27H36ClN3O3/c1-3-5-7-8-9-10-18-34-26(33)27(17-6-4-2,21-11-14-23(32)15-12-21)20-31-29-24-16-13-22(28)19-25(24)30-31/h11-16,19,32H,3-10,17-18,20H2,1-2H3. The zero-order valence-electron chi connectivity index (χ0n) is 20.3. The second-order valence-electron chi connectivity index (χ2n) is 9.00. The number of unbranched alkanes of at least 4 members (excludes halogenated alkanes) is 6. The Morgan fingerprint density at radius 3 is 2.35 bits per heavy atom. The maximum absolute atomic E-state index is 13.7. The van der Waals surface area contributed by atoms with Gasteiger partial charge in [0.15, 0.2) is 0 Å². The van der Waals surface area contributed by atoms with E-state index in [0.29, 0.717) is 23.6 Å². The van der Waals surface area contributed by atoms with E-state index in [1.165, 1.54) is 19.3 Å². The molecule has 34 heavy (non-hydrogen) atoms. The maximum Gasteiger partial charge on any atom is 0.318 e. The minimum absolute atomic E-state index is 0.159. The number of aromatic nitrogens is 3. The highest BCUT2D eigenvalue weighted by Gasteiger charge is 2.42. The third kappa shape index (κ3) is 6.72. The van der Waals surface area contributed by atoms with Crippen LogP contribution < -0.4 is 0 Å². The molecule has 1 heterocycles. The third-order valence-corrected chi connectivity index (χ3v) is 6.53. The van der Waals surface area contributed by atoms with Gasteiger partial charge in [-0.05, 0) is 48.7 Å². The number of phenolic OH excluding ortho intramolecular Hbond substituents is 1. The van der Waals surface area contributed by atoms with E-state index in [1.54, 1.807) is 41.2 Å². The number of carbonyl (C=O) groups excluding carboxylic acids is 1. The monoisotopic (exact) mass is 485 g/mol. The zero-order valence-corrected chi connectivity index (χ0v) is 21.1. The molecule has 184 valence electrons. The lowest BCUT2D eigenvalue weighted by Crippen LogP contribution is -2.42. The van der Waals surface area contributed by atoms with Crippen molar-refractivity contribution in [3.8, 4) is 5.75 Å². The Morgan fingerprint density at radius 2 is 1.62 bits per heavy atom. The van der Waals surface area contributed by atoms with Gasteiger partial charge in [0.05, 0.1) is 13.2 Å². The van der Waals surface area contributed by atoms with Gasteiger partial charge in [-0.15, -0.1) is 0 Å². The number of halogens is 1. The van der Waals surface area contributed by atoms with Crippen molar-refractivity contribution in [1.82, 2.24) is 15.0 Å². The fourth-order valence-corrected chi connectivity index (χ4v) is 4.45. The van der Waals surface area contributed by atoms with Crippen LogP contribution in [0.1, 0.15) is 77.2 Å². The topological polar surface area (TPSA) is 77.2 Å². The number of fused-ring (bicyclic) bond motifs is 1. The van der Waals surface area contributed by atoms with E-state index in [4.69, 9.17) is 16.3 Å². The summed E-state index contributed by atoms with van der Waals surface area (Å²) in [5.41, 5.74) is 1.25. The van der Waals surface area contributed by atoms with Crippen molar-refractivity contribution >= 4 is 28.6 Å². The number of phenols is 1. The summed E-state index contributed by atoms with van der Waals surface area (Å²) in [4.78, 5) is 15.3. The summed E-state index contributed by atoms with van der Waals surface area (Å²) in [5, 5.41) is 19.6. The molecule has 2 aromatic carbocycles. The van der Waals surface area contributed by atoms with Gasteiger partial charge in [0.1, 0.15) is 22.2 Å². The molecule has 0 aliphatic carbocycles. The minimum Gasteiger partial charge on any atom is -0.508 e. The largest absolute Gasteiger partial charge is 0.508 e. The van der Waals surface area contributed by atoms with Crippen LogP contribution in [0.15, 0.2) is 42.5 Å². The predicted octanol–water partition coefficient (Wildman–Crippen LogP) is 6.82. The molecule has 0 radical (unpaired) electrons. The van der Waals surface area contributed by atoms with Gasteiger partial charge in [-0.1, -0.05) is 82.5 Å². The molecule has 0 bridgehead atoms. The fourth-order valence-electron chi connectivity index (χ4n) is 4.29. The van der Waals surface area contributed by atoms with Gasteiger partial charge >= 0.3 is 5.97 Å². The van der Waals surface area contributed by atoms with Crippen LogP contribution in [0, 0.1) is 0 Å². The molecule has 1 N–H and O–H groups in total. The van der Waals surface area contributed by atoms with Crippen LogP contribution in [0.25, 0.3) is 11.0 Å². The predicted molar refractivity (Wildman–Crippen MR) is 136 cm³/mol. The number of rotatable bonds is 14. The molecule has 1 aromatic heterocycles. The van der Waals surface area contributed by atoms with Crippen molar-refractivity contribution in [1.29, 1.82) is 0 Å². The molecule has 1 unspecified atom stereocenters. The molecule has 7 heteroatoms. The average Bonchev–Trinajstić information content (AvgIpc) is 3.22. The number of hydrogen-bond donors (Lipinski definition) is 1. The van der Waals surface area contributed by atoms with Crippen molar-refractivity contribution in [2.45, 2.75) is 83.6 Å². The van der Waals surface area contributed by atoms with Crippen molar-refractivity contribution in [3.63, 3.8) is 0 Å². The number of nitrogens with zero attached hydrogens (tertiary/aromatic N) is 3. The van der Waals surface area contributed by atoms with Crippen LogP contribution in [0.5, 0.6) is 5.75 Å². The van der Waals surface area contributed by atoms with Crippen LogP contribution in [-0.2, 0) is 21.5 Å². The lowest BCUT2D eigenvalue weighted by Gasteiger charge is -2.31. The highest BCUT2D eigenvalue weighted by atomic mass is 35.5. The number of aromatic hydroxyl groups is 1. The highest BCUT2D eigenvalue weighted by molar-refractivity contribution is 6.31. The van der Waals surface area contributed by atoms with Gasteiger partial charge in [0.25, 0.3) is 0 Å². The zero-order chi connectivity index (χ0) is 24.4. The first-order valence-corrected chi connectivity index (χ1v) is 12.8. The Hall–Kier alpha value is -2.60. The second-order valence-corrected chi connectivity index (χ2v) is 9.44. The molecule has 0 spiro atoms. The first-order valence-electron chi connectivity index (χ1n) is 12.5. The number of carbonyl (C=O) groups is 1. The Morgan fingerprint density at radius 1 is 0.941 bits per heavy atom. The van der Waals surface area contributed by atoms with E-state index in [9.17, 15) is 9.90 Å². The SMILES string of the molecule is CCCCCCCCOC(=O)C(CCCC)(Cn1nc2ccc(Cl)cc2n1)c1ccc(O)cc1. The third-order valence-electron chi connectivity index (χ3n) is 6.29. The Bertz CT molecular complexity index is 1050.